The van der Waals surface area contributed by atoms with Crippen LogP contribution in [0.25, 0.3) is 0 Å². The molecule has 1 aromatic rings. The summed E-state index contributed by atoms with van der Waals surface area (Å²) in [7, 11) is 1.70. The van der Waals surface area contributed by atoms with Gasteiger partial charge >= 0.3 is 0 Å². The van der Waals surface area contributed by atoms with Gasteiger partial charge in [-0.05, 0) is 36.8 Å². The van der Waals surface area contributed by atoms with Crippen LogP contribution >= 0.6 is 0 Å². The first kappa shape index (κ1) is 13.6. The summed E-state index contributed by atoms with van der Waals surface area (Å²) in [4.78, 5) is 0. The molecule has 2 nitrogen and oxygen atoms in total. The van der Waals surface area contributed by atoms with E-state index in [0.29, 0.717) is 18.3 Å². The molecule has 0 bridgehead atoms. The highest BCUT2D eigenvalue weighted by molar-refractivity contribution is 5.39. The van der Waals surface area contributed by atoms with E-state index >= 15 is 0 Å². The van der Waals surface area contributed by atoms with Gasteiger partial charge in [-0.3, -0.25) is 0 Å². The minimum absolute atomic E-state index is 0.393. The van der Waals surface area contributed by atoms with Crippen LogP contribution in [0.5, 0.6) is 5.75 Å². The van der Waals surface area contributed by atoms with E-state index in [4.69, 9.17) is 10.00 Å². The predicted octanol–water partition coefficient (Wildman–Crippen LogP) is 4.05. The molecule has 0 aliphatic rings. The molecule has 0 spiro atoms. The molecule has 0 radical (unpaired) electrons. The van der Waals surface area contributed by atoms with Gasteiger partial charge in [-0.25, -0.2) is 0 Å². The van der Waals surface area contributed by atoms with Crippen LogP contribution in [0.1, 0.15) is 43.7 Å². The van der Waals surface area contributed by atoms with E-state index in [1.165, 1.54) is 11.1 Å². The molecule has 0 heterocycles. The van der Waals surface area contributed by atoms with Gasteiger partial charge in [0, 0.05) is 6.42 Å². The second kappa shape index (κ2) is 6.30. The highest BCUT2D eigenvalue weighted by Crippen LogP contribution is 2.35. The average molecular weight is 231 g/mol. The summed E-state index contributed by atoms with van der Waals surface area (Å²) in [5, 5.41) is 8.74. The van der Waals surface area contributed by atoms with Crippen LogP contribution in [0, 0.1) is 24.2 Å². The third-order valence-electron chi connectivity index (χ3n) is 3.16. The lowest BCUT2D eigenvalue weighted by molar-refractivity contribution is 0.389. The molecule has 0 aliphatic heterocycles. The number of ether oxygens (including phenoxy) is 1. The Balaban J connectivity index is 3.08. The van der Waals surface area contributed by atoms with Gasteiger partial charge in [0.15, 0.2) is 0 Å². The summed E-state index contributed by atoms with van der Waals surface area (Å²) in [6.45, 7) is 6.48. The normalized spacial score (nSPS) is 12.2. The Morgan fingerprint density at radius 3 is 2.59 bits per heavy atom. The maximum atomic E-state index is 8.74. The zero-order valence-electron chi connectivity index (χ0n) is 11.2. The van der Waals surface area contributed by atoms with Crippen LogP contribution in [0.15, 0.2) is 18.2 Å². The highest BCUT2D eigenvalue weighted by Gasteiger charge is 2.19. The van der Waals surface area contributed by atoms with Crippen LogP contribution in [-0.4, -0.2) is 7.11 Å². The molecular formula is C15H21NO. The molecule has 17 heavy (non-hydrogen) atoms. The van der Waals surface area contributed by atoms with E-state index in [1.807, 2.05) is 6.07 Å². The molecule has 1 aromatic carbocycles. The van der Waals surface area contributed by atoms with Gasteiger partial charge in [0.1, 0.15) is 5.75 Å². The van der Waals surface area contributed by atoms with Crippen molar-refractivity contribution in [3.8, 4) is 11.8 Å². The lowest BCUT2D eigenvalue weighted by atomic mass is 9.84. The third-order valence-corrected chi connectivity index (χ3v) is 3.16. The highest BCUT2D eigenvalue weighted by atomic mass is 16.5. The largest absolute Gasteiger partial charge is 0.496 e. The predicted molar refractivity (Wildman–Crippen MR) is 70.2 cm³/mol. The summed E-state index contributed by atoms with van der Waals surface area (Å²) in [6.07, 6.45) is 1.49. The van der Waals surface area contributed by atoms with Crippen molar-refractivity contribution >= 4 is 0 Å². The quantitative estimate of drug-likeness (QED) is 0.766. The van der Waals surface area contributed by atoms with Crippen molar-refractivity contribution in [1.82, 2.24) is 0 Å². The number of methoxy groups -OCH3 is 1. The fourth-order valence-electron chi connectivity index (χ4n) is 2.21. The van der Waals surface area contributed by atoms with Gasteiger partial charge in [-0.1, -0.05) is 31.5 Å². The number of rotatable bonds is 5. The first-order valence-corrected chi connectivity index (χ1v) is 6.11. The van der Waals surface area contributed by atoms with Gasteiger partial charge in [0.2, 0.25) is 0 Å². The number of hydrogen-bond acceptors (Lipinski definition) is 2. The maximum absolute atomic E-state index is 8.74. The Bertz CT molecular complexity index is 404. The molecular weight excluding hydrogens is 210 g/mol. The van der Waals surface area contributed by atoms with Gasteiger partial charge in [-0.15, -0.1) is 0 Å². The molecule has 2 heteroatoms. The average Bonchev–Trinajstić information content (AvgIpc) is 2.29. The molecule has 1 unspecified atom stereocenters. The van der Waals surface area contributed by atoms with Crippen molar-refractivity contribution < 1.29 is 4.74 Å². The van der Waals surface area contributed by atoms with Crippen molar-refractivity contribution in [2.75, 3.05) is 7.11 Å². The number of nitrogens with zero attached hydrogens (tertiary/aromatic N) is 1. The van der Waals surface area contributed by atoms with Crippen LogP contribution in [0.3, 0.4) is 0 Å². The van der Waals surface area contributed by atoms with Crippen LogP contribution in [0.2, 0.25) is 0 Å². The zero-order chi connectivity index (χ0) is 12.8. The van der Waals surface area contributed by atoms with E-state index in [9.17, 15) is 0 Å². The fraction of sp³-hybridized carbons (Fsp3) is 0.533. The SMILES string of the molecule is COc1ccc(C)cc1C(CCC#N)C(C)C. The van der Waals surface area contributed by atoms with Crippen LogP contribution < -0.4 is 4.74 Å². The lowest BCUT2D eigenvalue weighted by Crippen LogP contribution is -2.08. The summed E-state index contributed by atoms with van der Waals surface area (Å²) in [6, 6.07) is 8.50. The molecule has 0 aromatic heterocycles. The molecule has 92 valence electrons. The van der Waals surface area contributed by atoms with Crippen molar-refractivity contribution in [1.29, 1.82) is 5.26 Å². The van der Waals surface area contributed by atoms with Crippen molar-refractivity contribution in [2.45, 2.75) is 39.5 Å². The van der Waals surface area contributed by atoms with Crippen LogP contribution in [0.4, 0.5) is 0 Å². The number of benzene rings is 1. The number of hydrogen-bond donors (Lipinski definition) is 0. The molecule has 0 amide bonds. The Kier molecular flexibility index (Phi) is 5.03. The standard InChI is InChI=1S/C15H21NO/c1-11(2)13(6-5-9-16)14-10-12(3)7-8-15(14)17-4/h7-8,10-11,13H,5-6H2,1-4H3. The Morgan fingerprint density at radius 2 is 2.06 bits per heavy atom. The van der Waals surface area contributed by atoms with E-state index in [-0.39, 0.29) is 0 Å². The van der Waals surface area contributed by atoms with Crippen molar-refractivity contribution in [3.63, 3.8) is 0 Å². The van der Waals surface area contributed by atoms with E-state index in [1.54, 1.807) is 7.11 Å². The first-order chi connectivity index (χ1) is 8.10. The topological polar surface area (TPSA) is 33.0 Å². The van der Waals surface area contributed by atoms with Crippen LogP contribution in [-0.2, 0) is 0 Å². The molecule has 1 rings (SSSR count). The van der Waals surface area contributed by atoms with Crippen molar-refractivity contribution in [2.24, 2.45) is 5.92 Å². The minimum Gasteiger partial charge on any atom is -0.496 e. The Hall–Kier alpha value is -1.49. The monoisotopic (exact) mass is 231 g/mol. The Labute approximate surface area is 104 Å². The summed E-state index contributed by atoms with van der Waals surface area (Å²) >= 11 is 0. The molecule has 0 saturated carbocycles. The molecule has 0 saturated heterocycles. The minimum atomic E-state index is 0.393. The summed E-state index contributed by atoms with van der Waals surface area (Å²) < 4.78 is 5.43. The summed E-state index contributed by atoms with van der Waals surface area (Å²) in [5.74, 6) is 1.84. The first-order valence-electron chi connectivity index (χ1n) is 6.11. The lowest BCUT2D eigenvalue weighted by Gasteiger charge is -2.23. The second-order valence-corrected chi connectivity index (χ2v) is 4.79. The summed E-state index contributed by atoms with van der Waals surface area (Å²) in [5.41, 5.74) is 2.47. The van der Waals surface area contributed by atoms with Gasteiger partial charge in [0.25, 0.3) is 0 Å². The number of aryl methyl sites for hydroxylation is 1. The van der Waals surface area contributed by atoms with E-state index < -0.39 is 0 Å². The molecule has 0 N–H and O–H groups in total. The van der Waals surface area contributed by atoms with Gasteiger partial charge in [0.05, 0.1) is 13.2 Å². The molecule has 0 fully saturated rings. The molecule has 1 atom stereocenters. The zero-order valence-corrected chi connectivity index (χ0v) is 11.2. The van der Waals surface area contributed by atoms with Gasteiger partial charge < -0.3 is 4.74 Å². The smallest absolute Gasteiger partial charge is 0.122 e. The second-order valence-electron chi connectivity index (χ2n) is 4.79. The third kappa shape index (κ3) is 3.49. The fourth-order valence-corrected chi connectivity index (χ4v) is 2.21. The van der Waals surface area contributed by atoms with E-state index in [2.05, 4.69) is 39.0 Å². The molecule has 0 aliphatic carbocycles. The Morgan fingerprint density at radius 1 is 1.35 bits per heavy atom. The van der Waals surface area contributed by atoms with Gasteiger partial charge in [-0.2, -0.15) is 5.26 Å². The van der Waals surface area contributed by atoms with E-state index in [0.717, 1.165) is 12.2 Å². The number of nitriles is 1. The maximum Gasteiger partial charge on any atom is 0.122 e. The van der Waals surface area contributed by atoms with Crippen molar-refractivity contribution in [3.05, 3.63) is 29.3 Å².